The van der Waals surface area contributed by atoms with Crippen molar-refractivity contribution in [3.05, 3.63) is 65.7 Å². The number of rotatable bonds is 7. The number of fused-ring (bicyclic) bond motifs is 1. The number of carboxylic acids is 2. The molecule has 8 nitrogen and oxygen atoms in total. The van der Waals surface area contributed by atoms with Gasteiger partial charge in [-0.05, 0) is 49.6 Å². The van der Waals surface area contributed by atoms with Crippen LogP contribution in [0.3, 0.4) is 0 Å². The van der Waals surface area contributed by atoms with E-state index in [2.05, 4.69) is 4.98 Å². The largest absolute Gasteiger partial charge is 0.480 e. The van der Waals surface area contributed by atoms with E-state index in [0.29, 0.717) is 16.8 Å². The van der Waals surface area contributed by atoms with Crippen LogP contribution in [0, 0.1) is 0 Å². The molecule has 1 aromatic heterocycles. The summed E-state index contributed by atoms with van der Waals surface area (Å²) in [6.07, 6.45) is 0.839. The average molecular weight is 434 g/mol. The van der Waals surface area contributed by atoms with Crippen LogP contribution in [-0.2, 0) is 16.1 Å². The molecule has 1 atom stereocenters. The summed E-state index contributed by atoms with van der Waals surface area (Å²) in [7, 11) is 0. The molecular formula is C24H22N2O6. The van der Waals surface area contributed by atoms with E-state index in [1.807, 2.05) is 12.1 Å². The number of benzene rings is 2. The zero-order valence-corrected chi connectivity index (χ0v) is 17.4. The highest BCUT2D eigenvalue weighted by molar-refractivity contribution is 5.96. The number of pyridine rings is 1. The predicted molar refractivity (Wildman–Crippen MR) is 116 cm³/mol. The number of aromatic nitrogens is 1. The maximum absolute atomic E-state index is 12.5. The molecule has 164 valence electrons. The zero-order chi connectivity index (χ0) is 22.8. The molecule has 1 heterocycles. The van der Waals surface area contributed by atoms with Crippen molar-refractivity contribution in [1.29, 1.82) is 0 Å². The fourth-order valence-corrected chi connectivity index (χ4v) is 3.40. The first-order valence-corrected chi connectivity index (χ1v) is 10.3. The van der Waals surface area contributed by atoms with Gasteiger partial charge in [0.05, 0.1) is 16.8 Å². The van der Waals surface area contributed by atoms with Gasteiger partial charge in [-0.15, -0.1) is 0 Å². The normalized spacial score (nSPS) is 14.0. The molecule has 0 radical (unpaired) electrons. The molecule has 2 N–H and O–H groups in total. The van der Waals surface area contributed by atoms with Crippen LogP contribution in [0.2, 0.25) is 0 Å². The second-order valence-corrected chi connectivity index (χ2v) is 7.80. The van der Waals surface area contributed by atoms with Gasteiger partial charge in [-0.3, -0.25) is 4.90 Å². The maximum atomic E-state index is 12.5. The lowest BCUT2D eigenvalue weighted by molar-refractivity contribution is -0.142. The molecule has 1 amide bonds. The number of nitrogens with zero attached hydrogens (tertiary/aromatic N) is 2. The van der Waals surface area contributed by atoms with Gasteiger partial charge in [0, 0.05) is 17.5 Å². The number of carbonyl (C=O) groups excluding carboxylic acids is 1. The molecule has 32 heavy (non-hydrogen) atoms. The van der Waals surface area contributed by atoms with Crippen molar-refractivity contribution in [1.82, 2.24) is 9.88 Å². The highest BCUT2D eigenvalue weighted by Gasteiger charge is 2.32. The van der Waals surface area contributed by atoms with Gasteiger partial charge >= 0.3 is 18.0 Å². The Morgan fingerprint density at radius 3 is 2.53 bits per heavy atom. The van der Waals surface area contributed by atoms with E-state index in [4.69, 9.17) is 4.74 Å². The van der Waals surface area contributed by atoms with Crippen LogP contribution < -0.4 is 0 Å². The Hall–Kier alpha value is -3.94. The summed E-state index contributed by atoms with van der Waals surface area (Å²) in [6.45, 7) is 1.53. The predicted octanol–water partition coefficient (Wildman–Crippen LogP) is 4.17. The van der Waals surface area contributed by atoms with Gasteiger partial charge in [0.25, 0.3) is 0 Å². The molecule has 1 fully saturated rings. The Morgan fingerprint density at radius 1 is 1.09 bits per heavy atom. The SMILES string of the molecule is C[C@@H](C(=O)O)N(Cc1ccc2nc(-c3ccccc3C(=O)O)ccc2c1)C(=O)OC1CC1. The average Bonchev–Trinajstić information content (AvgIpc) is 3.60. The first-order chi connectivity index (χ1) is 15.3. The summed E-state index contributed by atoms with van der Waals surface area (Å²) in [5, 5.41) is 19.6. The summed E-state index contributed by atoms with van der Waals surface area (Å²) in [5.74, 6) is -2.13. The summed E-state index contributed by atoms with van der Waals surface area (Å²) < 4.78 is 5.31. The van der Waals surface area contributed by atoms with Crippen LogP contribution in [0.15, 0.2) is 54.6 Å². The van der Waals surface area contributed by atoms with E-state index in [9.17, 15) is 24.6 Å². The smallest absolute Gasteiger partial charge is 0.411 e. The number of carboxylic acid groups (broad SMARTS) is 2. The Labute approximate surface area is 184 Å². The highest BCUT2D eigenvalue weighted by Crippen LogP contribution is 2.27. The van der Waals surface area contributed by atoms with Crippen molar-refractivity contribution in [2.24, 2.45) is 0 Å². The zero-order valence-electron chi connectivity index (χ0n) is 17.4. The fourth-order valence-electron chi connectivity index (χ4n) is 3.40. The number of carbonyl (C=O) groups is 3. The van der Waals surface area contributed by atoms with E-state index in [0.717, 1.165) is 23.8 Å². The molecule has 0 aliphatic heterocycles. The summed E-state index contributed by atoms with van der Waals surface area (Å²) in [4.78, 5) is 41.3. The molecule has 0 bridgehead atoms. The van der Waals surface area contributed by atoms with Gasteiger partial charge in [-0.2, -0.15) is 0 Å². The third-order valence-electron chi connectivity index (χ3n) is 5.39. The molecule has 4 rings (SSSR count). The van der Waals surface area contributed by atoms with Crippen LogP contribution in [0.25, 0.3) is 22.2 Å². The molecule has 3 aromatic rings. The van der Waals surface area contributed by atoms with Gasteiger partial charge in [0.2, 0.25) is 0 Å². The van der Waals surface area contributed by atoms with Crippen molar-refractivity contribution in [2.45, 2.75) is 38.5 Å². The molecule has 0 spiro atoms. The number of ether oxygens (including phenoxy) is 1. The third kappa shape index (κ3) is 4.54. The van der Waals surface area contributed by atoms with Gasteiger partial charge in [-0.25, -0.2) is 19.4 Å². The summed E-state index contributed by atoms with van der Waals surface area (Å²) in [5.41, 5.74) is 2.62. The number of amides is 1. The molecule has 0 saturated heterocycles. The standard InChI is InChI=1S/C24H22N2O6/c1-14(22(27)28)26(24(31)32-17-8-9-17)13-15-6-10-20-16(12-15)7-11-21(25-20)18-4-2-3-5-19(18)23(29)30/h2-7,10-12,14,17H,8-9,13H2,1H3,(H,27,28)(H,29,30)/t14-/m0/s1. The monoisotopic (exact) mass is 434 g/mol. The first-order valence-electron chi connectivity index (χ1n) is 10.3. The Kier molecular flexibility index (Phi) is 5.77. The molecule has 0 unspecified atom stereocenters. The lowest BCUT2D eigenvalue weighted by Crippen LogP contribution is -2.43. The van der Waals surface area contributed by atoms with Crippen molar-refractivity contribution in [3.63, 3.8) is 0 Å². The van der Waals surface area contributed by atoms with E-state index < -0.39 is 24.1 Å². The highest BCUT2D eigenvalue weighted by atomic mass is 16.6. The minimum atomic E-state index is -1.11. The molecule has 1 saturated carbocycles. The van der Waals surface area contributed by atoms with Crippen LogP contribution in [0.4, 0.5) is 4.79 Å². The third-order valence-corrected chi connectivity index (χ3v) is 5.39. The molecule has 1 aliphatic carbocycles. The topological polar surface area (TPSA) is 117 Å². The molecule has 2 aromatic carbocycles. The van der Waals surface area contributed by atoms with Gasteiger partial charge < -0.3 is 14.9 Å². The Morgan fingerprint density at radius 2 is 1.84 bits per heavy atom. The minimum absolute atomic E-state index is 0.0819. The Balaban J connectivity index is 1.62. The number of aromatic carboxylic acids is 1. The Bertz CT molecular complexity index is 1200. The molecule has 8 heteroatoms. The van der Waals surface area contributed by atoms with Crippen LogP contribution in [0.1, 0.15) is 35.7 Å². The van der Waals surface area contributed by atoms with Crippen LogP contribution in [0.5, 0.6) is 0 Å². The van der Waals surface area contributed by atoms with Gasteiger partial charge in [0.1, 0.15) is 12.1 Å². The van der Waals surface area contributed by atoms with Crippen molar-refractivity contribution < 1.29 is 29.3 Å². The van der Waals surface area contributed by atoms with Crippen molar-refractivity contribution in [2.75, 3.05) is 0 Å². The lowest BCUT2D eigenvalue weighted by atomic mass is 10.0. The van der Waals surface area contributed by atoms with E-state index in [1.54, 1.807) is 36.4 Å². The van der Waals surface area contributed by atoms with Crippen molar-refractivity contribution in [3.8, 4) is 11.3 Å². The van der Waals surface area contributed by atoms with E-state index in [-0.39, 0.29) is 18.2 Å². The fraction of sp³-hybridized carbons (Fsp3) is 0.250. The summed E-state index contributed by atoms with van der Waals surface area (Å²) in [6, 6.07) is 14.6. The lowest BCUT2D eigenvalue weighted by Gasteiger charge is -2.26. The number of aliphatic carboxylic acids is 1. The number of hydrogen-bond donors (Lipinski definition) is 2. The maximum Gasteiger partial charge on any atom is 0.411 e. The minimum Gasteiger partial charge on any atom is -0.480 e. The van der Waals surface area contributed by atoms with Crippen LogP contribution >= 0.6 is 0 Å². The molecular weight excluding hydrogens is 412 g/mol. The van der Waals surface area contributed by atoms with Crippen LogP contribution in [-0.4, -0.2) is 50.3 Å². The van der Waals surface area contributed by atoms with Gasteiger partial charge in [-0.1, -0.05) is 30.3 Å². The molecule has 1 aliphatic rings. The van der Waals surface area contributed by atoms with E-state index in [1.165, 1.54) is 17.9 Å². The quantitative estimate of drug-likeness (QED) is 0.573. The summed E-state index contributed by atoms with van der Waals surface area (Å²) >= 11 is 0. The second kappa shape index (κ2) is 8.66. The van der Waals surface area contributed by atoms with E-state index >= 15 is 0 Å². The number of hydrogen-bond acceptors (Lipinski definition) is 5. The van der Waals surface area contributed by atoms with Gasteiger partial charge in [0.15, 0.2) is 0 Å². The first kappa shape index (κ1) is 21.3. The van der Waals surface area contributed by atoms with Crippen molar-refractivity contribution >= 4 is 28.9 Å². The second-order valence-electron chi connectivity index (χ2n) is 7.80.